The molecular formula is C24H16ClFN2O4. The predicted molar refractivity (Wildman–Crippen MR) is 118 cm³/mol. The standard InChI is InChI=1S/C24H16ClFN2O4/c25-17-9-10-21(32-14-15-5-4-6-18(26)11-15)16(12-17)13-20-22(29)27-24(31)28(23(20)30)19-7-2-1-3-8-19/h1-13H,14H2,(H,27,29,31)/b20-13+. The Morgan fingerprint density at radius 3 is 2.50 bits per heavy atom. The molecule has 1 saturated heterocycles. The Kier molecular flexibility index (Phi) is 6.00. The highest BCUT2D eigenvalue weighted by Crippen LogP contribution is 2.28. The van der Waals surface area contributed by atoms with Gasteiger partial charge in [-0.1, -0.05) is 41.9 Å². The third kappa shape index (κ3) is 4.53. The molecule has 0 saturated carbocycles. The lowest BCUT2D eigenvalue weighted by Gasteiger charge is -2.26. The maximum atomic E-state index is 13.4. The number of imide groups is 2. The highest BCUT2D eigenvalue weighted by atomic mass is 35.5. The van der Waals surface area contributed by atoms with Crippen LogP contribution in [0.15, 0.2) is 78.4 Å². The number of barbiturate groups is 1. The fourth-order valence-corrected chi connectivity index (χ4v) is 3.36. The SMILES string of the molecule is O=C1NC(=O)N(c2ccccc2)C(=O)/C1=C/c1cc(Cl)ccc1OCc1cccc(F)c1. The predicted octanol–water partition coefficient (Wildman–Crippen LogP) is 4.72. The Bertz CT molecular complexity index is 1240. The van der Waals surface area contributed by atoms with Gasteiger partial charge in [-0.3, -0.25) is 14.9 Å². The van der Waals surface area contributed by atoms with Crippen LogP contribution >= 0.6 is 11.6 Å². The molecule has 4 rings (SSSR count). The van der Waals surface area contributed by atoms with Gasteiger partial charge in [0.2, 0.25) is 0 Å². The van der Waals surface area contributed by atoms with Gasteiger partial charge in [0.1, 0.15) is 23.7 Å². The van der Waals surface area contributed by atoms with Crippen molar-refractivity contribution in [1.82, 2.24) is 5.32 Å². The number of halogens is 2. The van der Waals surface area contributed by atoms with E-state index < -0.39 is 17.8 Å². The first kappa shape index (κ1) is 21.3. The maximum absolute atomic E-state index is 13.4. The molecular weight excluding hydrogens is 435 g/mol. The smallest absolute Gasteiger partial charge is 0.335 e. The van der Waals surface area contributed by atoms with E-state index in [0.29, 0.717) is 27.6 Å². The molecule has 6 nitrogen and oxygen atoms in total. The lowest BCUT2D eigenvalue weighted by molar-refractivity contribution is -0.122. The summed E-state index contributed by atoms with van der Waals surface area (Å²) >= 11 is 6.11. The van der Waals surface area contributed by atoms with E-state index >= 15 is 0 Å². The highest BCUT2D eigenvalue weighted by Gasteiger charge is 2.36. The molecule has 32 heavy (non-hydrogen) atoms. The molecule has 4 amide bonds. The van der Waals surface area contributed by atoms with Crippen LogP contribution in [-0.2, 0) is 16.2 Å². The molecule has 3 aromatic carbocycles. The molecule has 1 N–H and O–H groups in total. The summed E-state index contributed by atoms with van der Waals surface area (Å²) in [6.45, 7) is 0.0599. The number of urea groups is 1. The van der Waals surface area contributed by atoms with Gasteiger partial charge in [0, 0.05) is 10.6 Å². The van der Waals surface area contributed by atoms with E-state index in [4.69, 9.17) is 16.3 Å². The van der Waals surface area contributed by atoms with Crippen LogP contribution in [0.5, 0.6) is 5.75 Å². The van der Waals surface area contributed by atoms with Crippen LogP contribution in [0.3, 0.4) is 0 Å². The fraction of sp³-hybridized carbons (Fsp3) is 0.0417. The number of carbonyl (C=O) groups excluding carboxylic acids is 3. The molecule has 1 aliphatic heterocycles. The van der Waals surface area contributed by atoms with Crippen molar-refractivity contribution in [1.29, 1.82) is 0 Å². The Labute approximate surface area is 187 Å². The number of ether oxygens (including phenoxy) is 1. The van der Waals surface area contributed by atoms with Crippen LogP contribution in [-0.4, -0.2) is 17.8 Å². The van der Waals surface area contributed by atoms with Crippen molar-refractivity contribution in [2.45, 2.75) is 6.61 Å². The number of benzene rings is 3. The maximum Gasteiger partial charge on any atom is 0.335 e. The zero-order valence-corrected chi connectivity index (χ0v) is 17.3. The second-order valence-corrected chi connectivity index (χ2v) is 7.33. The van der Waals surface area contributed by atoms with Crippen LogP contribution in [0, 0.1) is 5.82 Å². The minimum absolute atomic E-state index is 0.0599. The summed E-state index contributed by atoms with van der Waals surface area (Å²) in [4.78, 5) is 38.6. The first-order chi connectivity index (χ1) is 15.4. The van der Waals surface area contributed by atoms with Gasteiger partial charge >= 0.3 is 6.03 Å². The third-order valence-electron chi connectivity index (χ3n) is 4.67. The second-order valence-electron chi connectivity index (χ2n) is 6.89. The molecule has 1 heterocycles. The zero-order valence-electron chi connectivity index (χ0n) is 16.5. The molecule has 160 valence electrons. The zero-order chi connectivity index (χ0) is 22.7. The first-order valence-corrected chi connectivity index (χ1v) is 9.93. The summed E-state index contributed by atoms with van der Waals surface area (Å²) in [7, 11) is 0. The summed E-state index contributed by atoms with van der Waals surface area (Å²) in [5.74, 6) is -1.67. The van der Waals surface area contributed by atoms with Crippen molar-refractivity contribution in [3.05, 3.63) is 100 Å². The van der Waals surface area contributed by atoms with Gasteiger partial charge in [0.05, 0.1) is 5.69 Å². The van der Waals surface area contributed by atoms with Gasteiger partial charge in [-0.05, 0) is 54.1 Å². The summed E-state index contributed by atoms with van der Waals surface area (Å²) in [6.07, 6.45) is 1.31. The number of rotatable bonds is 5. The van der Waals surface area contributed by atoms with Crippen LogP contribution < -0.4 is 15.0 Å². The van der Waals surface area contributed by atoms with Crippen molar-refractivity contribution >= 4 is 41.2 Å². The van der Waals surface area contributed by atoms with E-state index in [1.165, 1.54) is 24.3 Å². The highest BCUT2D eigenvalue weighted by molar-refractivity contribution is 6.39. The fourth-order valence-electron chi connectivity index (χ4n) is 3.18. The van der Waals surface area contributed by atoms with E-state index in [-0.39, 0.29) is 18.0 Å². The molecule has 0 spiro atoms. The molecule has 0 aliphatic carbocycles. The normalized spacial score (nSPS) is 15.1. The van der Waals surface area contributed by atoms with Crippen molar-refractivity contribution in [3.63, 3.8) is 0 Å². The molecule has 0 bridgehead atoms. The van der Waals surface area contributed by atoms with E-state index in [0.717, 1.165) is 4.90 Å². The summed E-state index contributed by atoms with van der Waals surface area (Å²) in [5.41, 5.74) is 1.02. The Balaban J connectivity index is 1.67. The summed E-state index contributed by atoms with van der Waals surface area (Å²) in [6, 6.07) is 18.1. The van der Waals surface area contributed by atoms with Crippen molar-refractivity contribution in [3.8, 4) is 5.75 Å². The van der Waals surface area contributed by atoms with Gasteiger partial charge in [-0.25, -0.2) is 14.1 Å². The number of nitrogens with zero attached hydrogens (tertiary/aromatic N) is 1. The van der Waals surface area contributed by atoms with Crippen molar-refractivity contribution in [2.24, 2.45) is 0 Å². The Morgan fingerprint density at radius 1 is 0.969 bits per heavy atom. The lowest BCUT2D eigenvalue weighted by atomic mass is 10.1. The molecule has 1 fully saturated rings. The minimum Gasteiger partial charge on any atom is -0.488 e. The van der Waals surface area contributed by atoms with Gasteiger partial charge in [0.25, 0.3) is 11.8 Å². The summed E-state index contributed by atoms with van der Waals surface area (Å²) < 4.78 is 19.2. The van der Waals surface area contributed by atoms with E-state index in [9.17, 15) is 18.8 Å². The van der Waals surface area contributed by atoms with Crippen LogP contribution in [0.2, 0.25) is 5.02 Å². The second kappa shape index (κ2) is 9.03. The van der Waals surface area contributed by atoms with E-state index in [1.807, 2.05) is 0 Å². The molecule has 0 radical (unpaired) electrons. The molecule has 8 heteroatoms. The number of anilines is 1. The van der Waals surface area contributed by atoms with Gasteiger partial charge < -0.3 is 4.74 Å². The van der Waals surface area contributed by atoms with Gasteiger partial charge in [0.15, 0.2) is 0 Å². The van der Waals surface area contributed by atoms with Gasteiger partial charge in [-0.2, -0.15) is 0 Å². The van der Waals surface area contributed by atoms with E-state index in [1.54, 1.807) is 54.6 Å². The first-order valence-electron chi connectivity index (χ1n) is 9.55. The van der Waals surface area contributed by atoms with Crippen LogP contribution in [0.25, 0.3) is 6.08 Å². The van der Waals surface area contributed by atoms with E-state index in [2.05, 4.69) is 5.32 Å². The quantitative estimate of drug-likeness (QED) is 0.450. The number of carbonyl (C=O) groups is 3. The molecule has 0 unspecified atom stereocenters. The average molecular weight is 451 g/mol. The molecule has 0 aromatic heterocycles. The van der Waals surface area contributed by atoms with Crippen molar-refractivity contribution in [2.75, 3.05) is 4.90 Å². The number of para-hydroxylation sites is 1. The molecule has 1 aliphatic rings. The lowest BCUT2D eigenvalue weighted by Crippen LogP contribution is -2.54. The van der Waals surface area contributed by atoms with Crippen LogP contribution in [0.4, 0.5) is 14.9 Å². The summed E-state index contributed by atoms with van der Waals surface area (Å²) in [5, 5.41) is 2.53. The van der Waals surface area contributed by atoms with Crippen molar-refractivity contribution < 1.29 is 23.5 Å². The topological polar surface area (TPSA) is 75.7 Å². The Hall–Kier alpha value is -3.97. The number of nitrogens with one attached hydrogen (secondary N) is 1. The average Bonchev–Trinajstić information content (AvgIpc) is 2.77. The Morgan fingerprint density at radius 2 is 1.75 bits per heavy atom. The molecule has 3 aromatic rings. The number of amides is 4. The minimum atomic E-state index is -0.836. The van der Waals surface area contributed by atoms with Crippen LogP contribution in [0.1, 0.15) is 11.1 Å². The third-order valence-corrected chi connectivity index (χ3v) is 4.91. The number of hydrogen-bond acceptors (Lipinski definition) is 4. The largest absolute Gasteiger partial charge is 0.488 e. The monoisotopic (exact) mass is 450 g/mol. The molecule has 0 atom stereocenters. The number of hydrogen-bond donors (Lipinski definition) is 1. The van der Waals surface area contributed by atoms with Gasteiger partial charge in [-0.15, -0.1) is 0 Å².